The largest absolute Gasteiger partial charge is 0.362 e. The zero-order valence-electron chi connectivity index (χ0n) is 9.13. The van der Waals surface area contributed by atoms with E-state index in [0.717, 1.165) is 12.8 Å². The van der Waals surface area contributed by atoms with E-state index in [-0.39, 0.29) is 16.0 Å². The highest BCUT2D eigenvalue weighted by molar-refractivity contribution is 6.32. The van der Waals surface area contributed by atoms with Crippen LogP contribution >= 0.6 is 23.2 Å². The van der Waals surface area contributed by atoms with E-state index < -0.39 is 0 Å². The molecule has 1 aromatic heterocycles. The topological polar surface area (TPSA) is 50.7 Å². The van der Waals surface area contributed by atoms with E-state index in [9.17, 15) is 0 Å². The van der Waals surface area contributed by atoms with E-state index in [4.69, 9.17) is 23.2 Å². The molecule has 1 aromatic rings. The van der Waals surface area contributed by atoms with Crippen LogP contribution in [0.25, 0.3) is 0 Å². The van der Waals surface area contributed by atoms with Gasteiger partial charge in [-0.2, -0.15) is 4.98 Å². The summed E-state index contributed by atoms with van der Waals surface area (Å²) in [5.74, 6) is 0.533. The molecule has 0 atom stereocenters. The Morgan fingerprint density at radius 2 is 1.81 bits per heavy atom. The summed E-state index contributed by atoms with van der Waals surface area (Å²) in [6, 6.07) is 0. The number of halogens is 2. The Morgan fingerprint density at radius 3 is 2.50 bits per heavy atom. The average molecular weight is 261 g/mol. The van der Waals surface area contributed by atoms with E-state index in [1.165, 1.54) is 19.3 Å². The molecule has 4 nitrogen and oxygen atoms in total. The molecule has 6 heteroatoms. The average Bonchev–Trinajstić information content (AvgIpc) is 2.24. The second kappa shape index (κ2) is 4.72. The van der Waals surface area contributed by atoms with Crippen molar-refractivity contribution in [1.29, 1.82) is 0 Å². The standard InChI is InChI=1S/C10H14Cl2N4/c1-10(5-3-2-4-6-10)14-8-7(11)15-16-9(12)13-8/h2-6H2,1H3,(H,13,14,16). The molecule has 1 fully saturated rings. The summed E-state index contributed by atoms with van der Waals surface area (Å²) < 4.78 is 0. The number of nitrogens with one attached hydrogen (secondary N) is 1. The van der Waals surface area contributed by atoms with Crippen LogP contribution in [0.1, 0.15) is 39.0 Å². The lowest BCUT2D eigenvalue weighted by molar-refractivity contribution is 0.348. The van der Waals surface area contributed by atoms with Crippen molar-refractivity contribution in [2.75, 3.05) is 5.32 Å². The van der Waals surface area contributed by atoms with Gasteiger partial charge in [0.2, 0.25) is 5.28 Å². The van der Waals surface area contributed by atoms with Gasteiger partial charge in [-0.15, -0.1) is 10.2 Å². The zero-order chi connectivity index (χ0) is 11.6. The van der Waals surface area contributed by atoms with Gasteiger partial charge in [0.05, 0.1) is 0 Å². The molecule has 2 rings (SSSR count). The molecule has 0 amide bonds. The molecule has 88 valence electrons. The van der Waals surface area contributed by atoms with Crippen LogP contribution in [0.3, 0.4) is 0 Å². The first-order valence-electron chi connectivity index (χ1n) is 5.43. The quantitative estimate of drug-likeness (QED) is 0.887. The molecule has 0 bridgehead atoms. The Hall–Kier alpha value is -0.610. The van der Waals surface area contributed by atoms with E-state index >= 15 is 0 Å². The van der Waals surface area contributed by atoms with E-state index in [0.29, 0.717) is 5.82 Å². The Kier molecular flexibility index (Phi) is 3.50. The highest BCUT2D eigenvalue weighted by atomic mass is 35.5. The SMILES string of the molecule is CC1(Nc2nc(Cl)nnc2Cl)CCCCC1. The molecule has 16 heavy (non-hydrogen) atoms. The first kappa shape index (κ1) is 11.9. The van der Waals surface area contributed by atoms with Crippen molar-refractivity contribution in [1.82, 2.24) is 15.2 Å². The van der Waals surface area contributed by atoms with Gasteiger partial charge in [0, 0.05) is 5.54 Å². The van der Waals surface area contributed by atoms with Crippen LogP contribution in [0, 0.1) is 0 Å². The second-order valence-corrected chi connectivity index (χ2v) is 5.16. The van der Waals surface area contributed by atoms with Crippen LogP contribution in [0.15, 0.2) is 0 Å². The number of nitrogens with zero attached hydrogens (tertiary/aromatic N) is 3. The van der Waals surface area contributed by atoms with Crippen molar-refractivity contribution in [2.45, 2.75) is 44.6 Å². The lowest BCUT2D eigenvalue weighted by Crippen LogP contribution is -2.37. The summed E-state index contributed by atoms with van der Waals surface area (Å²) >= 11 is 11.6. The molecule has 1 aliphatic carbocycles. The maximum Gasteiger partial charge on any atom is 0.245 e. The van der Waals surface area contributed by atoms with Crippen LogP contribution in [0.4, 0.5) is 5.82 Å². The monoisotopic (exact) mass is 260 g/mol. The fourth-order valence-electron chi connectivity index (χ4n) is 2.12. The lowest BCUT2D eigenvalue weighted by atomic mass is 9.83. The van der Waals surface area contributed by atoms with Gasteiger partial charge in [-0.3, -0.25) is 0 Å². The first-order chi connectivity index (χ1) is 7.59. The summed E-state index contributed by atoms with van der Waals surface area (Å²) in [7, 11) is 0. The molecular formula is C10H14Cl2N4. The zero-order valence-corrected chi connectivity index (χ0v) is 10.6. The van der Waals surface area contributed by atoms with Crippen molar-refractivity contribution in [3.63, 3.8) is 0 Å². The summed E-state index contributed by atoms with van der Waals surface area (Å²) in [4.78, 5) is 4.06. The molecule has 1 saturated carbocycles. The van der Waals surface area contributed by atoms with Crippen molar-refractivity contribution < 1.29 is 0 Å². The maximum atomic E-state index is 5.92. The van der Waals surface area contributed by atoms with E-state index in [1.807, 2.05) is 0 Å². The van der Waals surface area contributed by atoms with Crippen molar-refractivity contribution >= 4 is 29.0 Å². The summed E-state index contributed by atoms with van der Waals surface area (Å²) in [5.41, 5.74) is 0.0429. The molecule has 0 spiro atoms. The van der Waals surface area contributed by atoms with Gasteiger partial charge >= 0.3 is 0 Å². The van der Waals surface area contributed by atoms with Crippen LogP contribution in [0.2, 0.25) is 10.4 Å². The summed E-state index contributed by atoms with van der Waals surface area (Å²) in [6.07, 6.45) is 5.99. The molecule has 0 unspecified atom stereocenters. The van der Waals surface area contributed by atoms with Gasteiger partial charge in [0.15, 0.2) is 11.0 Å². The van der Waals surface area contributed by atoms with Crippen molar-refractivity contribution in [3.8, 4) is 0 Å². The molecule has 0 saturated heterocycles. The van der Waals surface area contributed by atoms with Crippen LogP contribution in [-0.4, -0.2) is 20.7 Å². The van der Waals surface area contributed by atoms with Gasteiger partial charge in [-0.05, 0) is 31.4 Å². The fourth-order valence-corrected chi connectivity index (χ4v) is 2.37. The number of hydrogen-bond donors (Lipinski definition) is 1. The first-order valence-corrected chi connectivity index (χ1v) is 6.19. The third kappa shape index (κ3) is 2.74. The molecule has 0 radical (unpaired) electrons. The second-order valence-electron chi connectivity index (χ2n) is 4.47. The Bertz CT molecular complexity index is 377. The Labute approximate surface area is 105 Å². The van der Waals surface area contributed by atoms with Crippen molar-refractivity contribution in [2.24, 2.45) is 0 Å². The minimum Gasteiger partial charge on any atom is -0.362 e. The minimum absolute atomic E-state index is 0.0429. The highest BCUT2D eigenvalue weighted by Gasteiger charge is 2.27. The highest BCUT2D eigenvalue weighted by Crippen LogP contribution is 2.32. The third-order valence-electron chi connectivity index (χ3n) is 3.00. The van der Waals surface area contributed by atoms with Crippen LogP contribution < -0.4 is 5.32 Å². The fraction of sp³-hybridized carbons (Fsp3) is 0.700. The minimum atomic E-state index is 0.0429. The normalized spacial score (nSPS) is 19.4. The van der Waals surface area contributed by atoms with E-state index in [1.54, 1.807) is 0 Å². The summed E-state index contributed by atoms with van der Waals surface area (Å²) in [5, 5.41) is 11.0. The molecule has 0 aromatic carbocycles. The van der Waals surface area contributed by atoms with Gasteiger partial charge < -0.3 is 5.32 Å². The number of hydrogen-bond acceptors (Lipinski definition) is 4. The van der Waals surface area contributed by atoms with Gasteiger partial charge in [0.25, 0.3) is 0 Å². The number of aromatic nitrogens is 3. The summed E-state index contributed by atoms with van der Waals surface area (Å²) in [6.45, 7) is 2.18. The van der Waals surface area contributed by atoms with Gasteiger partial charge in [-0.25, -0.2) is 0 Å². The van der Waals surface area contributed by atoms with Crippen molar-refractivity contribution in [3.05, 3.63) is 10.4 Å². The molecule has 1 heterocycles. The van der Waals surface area contributed by atoms with E-state index in [2.05, 4.69) is 27.4 Å². The maximum absolute atomic E-state index is 5.92. The van der Waals surface area contributed by atoms with Gasteiger partial charge in [0.1, 0.15) is 0 Å². The number of rotatable bonds is 2. The predicted molar refractivity (Wildman–Crippen MR) is 65.0 cm³/mol. The smallest absolute Gasteiger partial charge is 0.245 e. The lowest BCUT2D eigenvalue weighted by Gasteiger charge is -2.35. The Balaban J connectivity index is 2.15. The van der Waals surface area contributed by atoms with Crippen LogP contribution in [0.5, 0.6) is 0 Å². The Morgan fingerprint density at radius 1 is 1.12 bits per heavy atom. The van der Waals surface area contributed by atoms with Crippen LogP contribution in [-0.2, 0) is 0 Å². The third-order valence-corrected chi connectivity index (χ3v) is 3.41. The molecule has 0 aliphatic heterocycles. The molecule has 1 aliphatic rings. The molecule has 1 N–H and O–H groups in total. The predicted octanol–water partition coefficient (Wildman–Crippen LogP) is 3.31. The molecular weight excluding hydrogens is 247 g/mol. The number of anilines is 1. The van der Waals surface area contributed by atoms with Gasteiger partial charge in [-0.1, -0.05) is 30.9 Å².